The third kappa shape index (κ3) is 4.40. The number of rotatable bonds is 5. The lowest BCUT2D eigenvalue weighted by Crippen LogP contribution is -2.30. The maximum atomic E-state index is 12.8. The molecule has 3 rings (SSSR count). The van der Waals surface area contributed by atoms with Gasteiger partial charge >= 0.3 is 0 Å². The first-order valence-corrected chi connectivity index (χ1v) is 9.41. The molecule has 128 valence electrons. The first kappa shape index (κ1) is 17.5. The topological polar surface area (TPSA) is 32.7 Å². The summed E-state index contributed by atoms with van der Waals surface area (Å²) in [4.78, 5) is 20.1. The van der Waals surface area contributed by atoms with Gasteiger partial charge in [-0.25, -0.2) is 4.99 Å². The van der Waals surface area contributed by atoms with Gasteiger partial charge in [-0.2, -0.15) is 0 Å². The molecule has 1 amide bonds. The molecule has 0 unspecified atom stereocenters. The van der Waals surface area contributed by atoms with Crippen LogP contribution in [0.5, 0.6) is 0 Å². The van der Waals surface area contributed by atoms with Crippen molar-refractivity contribution in [3.63, 3.8) is 0 Å². The Bertz CT molecular complexity index is 794. The number of hydrogen-bond donors (Lipinski definition) is 0. The summed E-state index contributed by atoms with van der Waals surface area (Å²) >= 11 is 1.46. The van der Waals surface area contributed by atoms with Gasteiger partial charge in [0.05, 0.1) is 10.6 Å². The first-order valence-electron chi connectivity index (χ1n) is 8.59. The summed E-state index contributed by atoms with van der Waals surface area (Å²) in [5.74, 6) is 0.0492. The molecule has 4 heteroatoms. The predicted molar refractivity (Wildman–Crippen MR) is 107 cm³/mol. The maximum Gasteiger partial charge on any atom is 0.266 e. The highest BCUT2D eigenvalue weighted by molar-refractivity contribution is 8.18. The van der Waals surface area contributed by atoms with Crippen LogP contribution in [0.15, 0.2) is 64.5 Å². The van der Waals surface area contributed by atoms with Crippen LogP contribution in [0.4, 0.5) is 5.69 Å². The van der Waals surface area contributed by atoms with Crippen molar-refractivity contribution in [1.82, 2.24) is 4.90 Å². The van der Waals surface area contributed by atoms with Gasteiger partial charge in [0, 0.05) is 6.54 Å². The molecule has 0 radical (unpaired) electrons. The van der Waals surface area contributed by atoms with Crippen molar-refractivity contribution in [1.29, 1.82) is 0 Å². The number of carbonyl (C=O) groups is 1. The van der Waals surface area contributed by atoms with Crippen LogP contribution in [0.25, 0.3) is 6.08 Å². The lowest BCUT2D eigenvalue weighted by Gasteiger charge is -2.14. The molecule has 0 aromatic heterocycles. The number of hydrogen-bond acceptors (Lipinski definition) is 3. The summed E-state index contributed by atoms with van der Waals surface area (Å²) in [5.41, 5.74) is 3.11. The lowest BCUT2D eigenvalue weighted by atomic mass is 10.2. The molecule has 25 heavy (non-hydrogen) atoms. The summed E-state index contributed by atoms with van der Waals surface area (Å²) < 4.78 is 0. The molecule has 0 N–H and O–H groups in total. The van der Waals surface area contributed by atoms with E-state index in [0.717, 1.165) is 34.2 Å². The number of nitrogens with zero attached hydrogens (tertiary/aromatic N) is 2. The van der Waals surface area contributed by atoms with E-state index in [9.17, 15) is 4.79 Å². The van der Waals surface area contributed by atoms with Crippen LogP contribution < -0.4 is 0 Å². The SMILES string of the molecule is CCCCN1C(=O)/C(=C\c2ccccc2)SC1=Nc1ccc(C)cc1. The van der Waals surface area contributed by atoms with Gasteiger partial charge in [-0.15, -0.1) is 0 Å². The molecule has 1 aliphatic heterocycles. The minimum atomic E-state index is 0.0492. The Morgan fingerprint density at radius 3 is 2.48 bits per heavy atom. The van der Waals surface area contributed by atoms with Crippen LogP contribution in [0.2, 0.25) is 0 Å². The summed E-state index contributed by atoms with van der Waals surface area (Å²) in [6.45, 7) is 4.89. The standard InChI is InChI=1S/C21H22N2OS/c1-3-4-14-23-20(24)19(15-17-8-6-5-7-9-17)25-21(23)22-18-12-10-16(2)11-13-18/h5-13,15H,3-4,14H2,1-2H3/b19-15+,22-21?. The number of aliphatic imine (C=N–C) groups is 1. The van der Waals surface area contributed by atoms with E-state index in [1.165, 1.54) is 17.3 Å². The molecule has 2 aromatic rings. The van der Waals surface area contributed by atoms with Gasteiger partial charge in [-0.3, -0.25) is 9.69 Å². The molecule has 0 atom stereocenters. The van der Waals surface area contributed by atoms with Crippen LogP contribution in [-0.2, 0) is 4.79 Å². The number of amidine groups is 1. The number of aryl methyl sites for hydroxylation is 1. The Hall–Kier alpha value is -2.33. The zero-order chi connectivity index (χ0) is 17.6. The van der Waals surface area contributed by atoms with Crippen molar-refractivity contribution in [2.24, 2.45) is 4.99 Å². The Balaban J connectivity index is 1.91. The second-order valence-corrected chi connectivity index (χ2v) is 7.07. The van der Waals surface area contributed by atoms with Crippen LogP contribution in [0.1, 0.15) is 30.9 Å². The molecule has 0 spiro atoms. The van der Waals surface area contributed by atoms with E-state index in [0.29, 0.717) is 6.54 Å². The zero-order valence-electron chi connectivity index (χ0n) is 14.6. The van der Waals surface area contributed by atoms with Crippen LogP contribution in [0.3, 0.4) is 0 Å². The smallest absolute Gasteiger partial charge is 0.266 e. The second-order valence-electron chi connectivity index (χ2n) is 6.06. The van der Waals surface area contributed by atoms with E-state index >= 15 is 0 Å². The third-order valence-corrected chi connectivity index (χ3v) is 4.99. The summed E-state index contributed by atoms with van der Waals surface area (Å²) in [6, 6.07) is 18.0. The highest BCUT2D eigenvalue weighted by Crippen LogP contribution is 2.34. The van der Waals surface area contributed by atoms with Gasteiger partial charge in [0.15, 0.2) is 5.17 Å². The average molecular weight is 350 g/mol. The van der Waals surface area contributed by atoms with E-state index in [-0.39, 0.29) is 5.91 Å². The van der Waals surface area contributed by atoms with Gasteiger partial charge in [0.2, 0.25) is 0 Å². The van der Waals surface area contributed by atoms with Crippen molar-refractivity contribution in [2.75, 3.05) is 6.54 Å². The number of unbranched alkanes of at least 4 members (excludes halogenated alkanes) is 1. The average Bonchev–Trinajstić information content (AvgIpc) is 2.91. The highest BCUT2D eigenvalue weighted by atomic mass is 32.2. The van der Waals surface area contributed by atoms with Crippen molar-refractivity contribution in [2.45, 2.75) is 26.7 Å². The molecule has 3 nitrogen and oxygen atoms in total. The fourth-order valence-corrected chi connectivity index (χ4v) is 3.56. The maximum absolute atomic E-state index is 12.8. The van der Waals surface area contributed by atoms with Crippen molar-refractivity contribution >= 4 is 34.6 Å². The number of carbonyl (C=O) groups excluding carboxylic acids is 1. The fraction of sp³-hybridized carbons (Fsp3) is 0.238. The molecule has 0 aliphatic carbocycles. The molecule has 2 aromatic carbocycles. The predicted octanol–water partition coefficient (Wildman–Crippen LogP) is 5.40. The van der Waals surface area contributed by atoms with E-state index in [2.05, 4.69) is 13.8 Å². The van der Waals surface area contributed by atoms with E-state index in [1.54, 1.807) is 0 Å². The monoisotopic (exact) mass is 350 g/mol. The number of amides is 1. The molecule has 1 heterocycles. The molecule has 1 fully saturated rings. The Morgan fingerprint density at radius 1 is 1.08 bits per heavy atom. The van der Waals surface area contributed by atoms with Gasteiger partial charge in [-0.1, -0.05) is 61.4 Å². The van der Waals surface area contributed by atoms with Crippen LogP contribution in [-0.4, -0.2) is 22.5 Å². The van der Waals surface area contributed by atoms with Gasteiger partial charge in [0.1, 0.15) is 0 Å². The molecular weight excluding hydrogens is 328 g/mol. The largest absolute Gasteiger partial charge is 0.286 e. The molecule has 0 bridgehead atoms. The summed E-state index contributed by atoms with van der Waals surface area (Å²) in [5, 5.41) is 0.768. The van der Waals surface area contributed by atoms with E-state index < -0.39 is 0 Å². The van der Waals surface area contributed by atoms with E-state index in [1.807, 2.05) is 65.6 Å². The minimum absolute atomic E-state index is 0.0492. The third-order valence-electron chi connectivity index (χ3n) is 3.98. The zero-order valence-corrected chi connectivity index (χ0v) is 15.4. The Labute approximate surface area is 153 Å². The number of thioether (sulfide) groups is 1. The summed E-state index contributed by atoms with van der Waals surface area (Å²) in [7, 11) is 0. The fourth-order valence-electron chi connectivity index (χ4n) is 2.54. The first-order chi connectivity index (χ1) is 12.2. The highest BCUT2D eigenvalue weighted by Gasteiger charge is 2.32. The van der Waals surface area contributed by atoms with Gasteiger partial charge in [-0.05, 0) is 48.9 Å². The quantitative estimate of drug-likeness (QED) is 0.676. The Morgan fingerprint density at radius 2 is 1.80 bits per heavy atom. The molecule has 1 saturated heterocycles. The number of benzene rings is 2. The minimum Gasteiger partial charge on any atom is -0.286 e. The summed E-state index contributed by atoms with van der Waals surface area (Å²) in [6.07, 6.45) is 3.96. The second kappa shape index (κ2) is 8.17. The molecular formula is C21H22N2OS. The molecule has 1 aliphatic rings. The van der Waals surface area contributed by atoms with Crippen molar-refractivity contribution < 1.29 is 4.79 Å². The normalized spacial score (nSPS) is 17.7. The lowest BCUT2D eigenvalue weighted by molar-refractivity contribution is -0.122. The van der Waals surface area contributed by atoms with Crippen LogP contribution >= 0.6 is 11.8 Å². The Kier molecular flexibility index (Phi) is 5.71. The van der Waals surface area contributed by atoms with Gasteiger partial charge < -0.3 is 0 Å². The van der Waals surface area contributed by atoms with Crippen molar-refractivity contribution in [3.05, 3.63) is 70.6 Å². The van der Waals surface area contributed by atoms with Crippen LogP contribution in [0, 0.1) is 6.92 Å². The van der Waals surface area contributed by atoms with Crippen molar-refractivity contribution in [3.8, 4) is 0 Å². The molecule has 0 saturated carbocycles. The van der Waals surface area contributed by atoms with Gasteiger partial charge in [0.25, 0.3) is 5.91 Å². The van der Waals surface area contributed by atoms with E-state index in [4.69, 9.17) is 4.99 Å².